The van der Waals surface area contributed by atoms with E-state index >= 15 is 0 Å². The number of halogens is 9. The summed E-state index contributed by atoms with van der Waals surface area (Å²) in [6, 6.07) is 0. The minimum Gasteiger partial charge on any atom is -0.370 e. The predicted molar refractivity (Wildman–Crippen MR) is 34.4 cm³/mol. The largest absolute Gasteiger partial charge is 0.524 e. The van der Waals surface area contributed by atoms with Crippen molar-refractivity contribution in [2.24, 2.45) is 0 Å². The molecule has 2 atom stereocenters. The summed E-state index contributed by atoms with van der Waals surface area (Å²) in [4.78, 5) is 9.63. The highest BCUT2D eigenvalue weighted by atomic mass is 19.4. The lowest BCUT2D eigenvalue weighted by atomic mass is 10.3. The van der Waals surface area contributed by atoms with Crippen molar-refractivity contribution in [2.45, 2.75) is 30.9 Å². The van der Waals surface area contributed by atoms with Crippen molar-refractivity contribution >= 4 is 6.22 Å². The minimum absolute atomic E-state index is 2.36. The molecule has 0 saturated carbocycles. The number of carbonyl (C=O) groups is 1. The van der Waals surface area contributed by atoms with Crippen molar-refractivity contribution in [3.8, 4) is 0 Å². The summed E-state index contributed by atoms with van der Waals surface area (Å²) in [6.45, 7) is 0. The molecule has 0 bridgehead atoms. The molecule has 0 spiro atoms. The van der Waals surface area contributed by atoms with Crippen LogP contribution in [0, 0.1) is 0 Å². The topological polar surface area (TPSA) is 54.0 Å². The first-order valence-corrected chi connectivity index (χ1v) is 4.14. The molecule has 20 heavy (non-hydrogen) atoms. The third kappa shape index (κ3) is 3.43. The van der Waals surface area contributed by atoms with Gasteiger partial charge in [-0.05, 0) is 0 Å². The molecule has 1 aliphatic rings. The van der Waals surface area contributed by atoms with Gasteiger partial charge in [0.25, 0.3) is 0 Å². The van der Waals surface area contributed by atoms with Crippen LogP contribution in [-0.4, -0.2) is 37.1 Å². The van der Waals surface area contributed by atoms with Gasteiger partial charge in [-0.1, -0.05) is 0 Å². The maximum Gasteiger partial charge on any atom is 0.524 e. The van der Waals surface area contributed by atoms with Crippen LogP contribution in [0.5, 0.6) is 0 Å². The van der Waals surface area contributed by atoms with Crippen LogP contribution < -0.4 is 0 Å². The summed E-state index contributed by atoms with van der Waals surface area (Å²) in [7, 11) is 0. The van der Waals surface area contributed by atoms with Crippen molar-refractivity contribution < 1.29 is 63.3 Å². The average molecular weight is 324 g/mol. The standard InChI is InChI=1S/C6HF9O5/c7-2(16)19-4(9,10)3(8)1(17-5(11,12)13)18-6(14,15)20-3/h1H. The van der Waals surface area contributed by atoms with Crippen LogP contribution >= 0.6 is 0 Å². The van der Waals surface area contributed by atoms with Crippen LogP contribution in [0.15, 0.2) is 0 Å². The summed E-state index contributed by atoms with van der Waals surface area (Å²) >= 11 is 0. The maximum absolute atomic E-state index is 13.5. The van der Waals surface area contributed by atoms with Crippen molar-refractivity contribution in [1.82, 2.24) is 0 Å². The van der Waals surface area contributed by atoms with Gasteiger partial charge in [0.2, 0.25) is 6.29 Å². The fraction of sp³-hybridized carbons (Fsp3) is 0.833. The first-order valence-electron chi connectivity index (χ1n) is 4.14. The maximum atomic E-state index is 13.5. The number of carbonyl (C=O) groups excluding carboxylic acids is 1. The molecule has 1 fully saturated rings. The second kappa shape index (κ2) is 4.63. The first-order chi connectivity index (χ1) is 8.69. The molecule has 2 unspecified atom stereocenters. The SMILES string of the molecule is O=C(F)OC(F)(F)C1(F)OC(F)(F)OC1OC(F)(F)F. The normalized spacial score (nSPS) is 30.4. The molecule has 0 N–H and O–H groups in total. The van der Waals surface area contributed by atoms with Gasteiger partial charge in [-0.3, -0.25) is 9.47 Å². The zero-order valence-corrected chi connectivity index (χ0v) is 8.52. The van der Waals surface area contributed by atoms with Crippen LogP contribution in [-0.2, 0) is 18.9 Å². The zero-order valence-electron chi connectivity index (χ0n) is 8.52. The van der Waals surface area contributed by atoms with Gasteiger partial charge in [-0.25, -0.2) is 9.53 Å². The Morgan fingerprint density at radius 1 is 1.10 bits per heavy atom. The Balaban J connectivity index is 3.11. The zero-order chi connectivity index (χ0) is 16.0. The third-order valence-corrected chi connectivity index (χ3v) is 1.66. The molecule has 0 aromatic carbocycles. The highest BCUT2D eigenvalue weighted by Crippen LogP contribution is 2.50. The Hall–Kier alpha value is -1.28. The molecule has 0 aromatic heterocycles. The fourth-order valence-electron chi connectivity index (χ4n) is 1.03. The molecule has 1 saturated heterocycles. The predicted octanol–water partition coefficient (Wildman–Crippen LogP) is 2.81. The Labute approximate surface area is 102 Å². The highest BCUT2D eigenvalue weighted by Gasteiger charge is 2.77. The molecule has 0 amide bonds. The van der Waals surface area contributed by atoms with E-state index in [1.807, 2.05) is 0 Å². The van der Waals surface area contributed by atoms with E-state index in [1.165, 1.54) is 0 Å². The summed E-state index contributed by atoms with van der Waals surface area (Å²) < 4.78 is 121. The fourth-order valence-corrected chi connectivity index (χ4v) is 1.03. The van der Waals surface area contributed by atoms with Gasteiger partial charge < -0.3 is 4.74 Å². The van der Waals surface area contributed by atoms with Gasteiger partial charge in [0, 0.05) is 0 Å². The molecular weight excluding hydrogens is 323 g/mol. The second-order valence-electron chi connectivity index (χ2n) is 3.08. The van der Waals surface area contributed by atoms with E-state index in [2.05, 4.69) is 18.9 Å². The van der Waals surface area contributed by atoms with Crippen LogP contribution in [0.4, 0.5) is 44.3 Å². The average Bonchev–Trinajstić information content (AvgIpc) is 2.31. The van der Waals surface area contributed by atoms with Crippen molar-refractivity contribution in [3.63, 3.8) is 0 Å². The third-order valence-electron chi connectivity index (χ3n) is 1.66. The minimum atomic E-state index is -5.91. The van der Waals surface area contributed by atoms with Crippen LogP contribution in [0.1, 0.15) is 0 Å². The summed E-state index contributed by atoms with van der Waals surface area (Å²) in [5, 5.41) is 0. The smallest absolute Gasteiger partial charge is 0.370 e. The number of ether oxygens (including phenoxy) is 4. The Bertz CT molecular complexity index is 395. The molecule has 118 valence electrons. The molecule has 0 radical (unpaired) electrons. The van der Waals surface area contributed by atoms with Crippen LogP contribution in [0.25, 0.3) is 0 Å². The number of alkyl halides is 8. The van der Waals surface area contributed by atoms with E-state index in [0.29, 0.717) is 0 Å². The van der Waals surface area contributed by atoms with Gasteiger partial charge in [0.15, 0.2) is 0 Å². The molecule has 5 nitrogen and oxygen atoms in total. The van der Waals surface area contributed by atoms with Crippen molar-refractivity contribution in [3.05, 3.63) is 0 Å². The molecule has 0 aromatic rings. The molecule has 1 heterocycles. The van der Waals surface area contributed by atoms with Crippen molar-refractivity contribution in [1.29, 1.82) is 0 Å². The van der Waals surface area contributed by atoms with Gasteiger partial charge in [-0.2, -0.15) is 13.2 Å². The number of hydrogen-bond donors (Lipinski definition) is 0. The van der Waals surface area contributed by atoms with E-state index < -0.39 is 37.1 Å². The summed E-state index contributed by atoms with van der Waals surface area (Å²) in [5.74, 6) is -5.45. The van der Waals surface area contributed by atoms with E-state index in [4.69, 9.17) is 0 Å². The monoisotopic (exact) mass is 324 g/mol. The molecule has 1 aliphatic heterocycles. The summed E-state index contributed by atoms with van der Waals surface area (Å²) in [6.07, 6.45) is -24.6. The second-order valence-corrected chi connectivity index (χ2v) is 3.08. The lowest BCUT2D eigenvalue weighted by Crippen LogP contribution is -2.55. The highest BCUT2D eigenvalue weighted by molar-refractivity contribution is 5.58. The van der Waals surface area contributed by atoms with E-state index in [1.54, 1.807) is 0 Å². The van der Waals surface area contributed by atoms with Crippen LogP contribution in [0.3, 0.4) is 0 Å². The quantitative estimate of drug-likeness (QED) is 0.590. The lowest BCUT2D eigenvalue weighted by molar-refractivity contribution is -0.433. The molecule has 1 rings (SSSR count). The molecular formula is C6HF9O5. The first kappa shape index (κ1) is 16.8. The lowest BCUT2D eigenvalue weighted by Gasteiger charge is -2.28. The van der Waals surface area contributed by atoms with Crippen molar-refractivity contribution in [2.75, 3.05) is 0 Å². The van der Waals surface area contributed by atoms with Gasteiger partial charge >= 0.3 is 30.8 Å². The Morgan fingerprint density at radius 2 is 1.60 bits per heavy atom. The van der Waals surface area contributed by atoms with Gasteiger partial charge in [0.05, 0.1) is 0 Å². The van der Waals surface area contributed by atoms with E-state index in [9.17, 15) is 44.3 Å². The van der Waals surface area contributed by atoms with E-state index in [0.717, 1.165) is 0 Å². The Kier molecular flexibility index (Phi) is 3.88. The molecule has 0 aliphatic carbocycles. The summed E-state index contributed by atoms with van der Waals surface area (Å²) in [5.41, 5.74) is 0. The number of hydrogen-bond acceptors (Lipinski definition) is 5. The van der Waals surface area contributed by atoms with Gasteiger partial charge in [-0.15, -0.1) is 26.3 Å². The Morgan fingerprint density at radius 3 is 2.00 bits per heavy atom. The van der Waals surface area contributed by atoms with E-state index in [-0.39, 0.29) is 0 Å². The van der Waals surface area contributed by atoms with Crippen LogP contribution in [0.2, 0.25) is 0 Å². The number of rotatable bonds is 3. The van der Waals surface area contributed by atoms with Gasteiger partial charge in [0.1, 0.15) is 0 Å². The molecule has 14 heteroatoms.